The zero-order valence-corrected chi connectivity index (χ0v) is 11.8. The maximum atomic E-state index is 13.5. The van der Waals surface area contributed by atoms with Crippen molar-refractivity contribution in [2.45, 2.75) is 13.5 Å². The second kappa shape index (κ2) is 5.79. The molecule has 0 aliphatic heterocycles. The summed E-state index contributed by atoms with van der Waals surface area (Å²) in [4.78, 5) is 0. The van der Waals surface area contributed by atoms with Crippen LogP contribution in [0.1, 0.15) is 11.1 Å². The van der Waals surface area contributed by atoms with Gasteiger partial charge in [-0.2, -0.15) is 5.10 Å². The van der Waals surface area contributed by atoms with Crippen LogP contribution in [0, 0.1) is 12.7 Å². The molecule has 1 aromatic heterocycles. The third-order valence-electron chi connectivity index (χ3n) is 3.37. The molecule has 0 spiro atoms. The number of anilines is 1. The first-order valence-electron chi connectivity index (χ1n) is 6.81. The van der Waals surface area contributed by atoms with E-state index in [0.29, 0.717) is 12.1 Å². The highest BCUT2D eigenvalue weighted by Gasteiger charge is 2.00. The van der Waals surface area contributed by atoms with Crippen molar-refractivity contribution < 1.29 is 4.39 Å². The Morgan fingerprint density at radius 2 is 1.95 bits per heavy atom. The van der Waals surface area contributed by atoms with Crippen LogP contribution >= 0.6 is 0 Å². The van der Waals surface area contributed by atoms with Gasteiger partial charge < -0.3 is 5.32 Å². The molecule has 3 aromatic rings. The van der Waals surface area contributed by atoms with Crippen molar-refractivity contribution in [3.05, 3.63) is 77.9 Å². The fraction of sp³-hybridized carbons (Fsp3) is 0.118. The van der Waals surface area contributed by atoms with E-state index in [2.05, 4.69) is 10.4 Å². The molecule has 106 valence electrons. The third-order valence-corrected chi connectivity index (χ3v) is 3.37. The van der Waals surface area contributed by atoms with Crippen LogP contribution in [0.25, 0.3) is 5.69 Å². The molecule has 3 rings (SSSR count). The molecule has 4 heteroatoms. The summed E-state index contributed by atoms with van der Waals surface area (Å²) in [5.74, 6) is -0.186. The summed E-state index contributed by atoms with van der Waals surface area (Å²) in [6.07, 6.45) is 3.66. The summed E-state index contributed by atoms with van der Waals surface area (Å²) < 4.78 is 15.3. The van der Waals surface area contributed by atoms with Gasteiger partial charge in [0.05, 0.1) is 5.69 Å². The van der Waals surface area contributed by atoms with E-state index in [-0.39, 0.29) is 5.82 Å². The Balaban J connectivity index is 1.66. The topological polar surface area (TPSA) is 29.9 Å². The molecule has 0 unspecified atom stereocenters. The van der Waals surface area contributed by atoms with E-state index in [1.165, 1.54) is 6.07 Å². The molecule has 0 fully saturated rings. The van der Waals surface area contributed by atoms with Crippen LogP contribution in [0.4, 0.5) is 10.1 Å². The number of nitrogens with zero attached hydrogens (tertiary/aromatic N) is 2. The summed E-state index contributed by atoms with van der Waals surface area (Å²) in [6.45, 7) is 2.41. The molecule has 0 aliphatic carbocycles. The molecule has 3 nitrogen and oxygen atoms in total. The predicted octanol–water partition coefficient (Wildman–Crippen LogP) is 3.93. The van der Waals surface area contributed by atoms with Crippen LogP contribution in [0.5, 0.6) is 0 Å². The number of aryl methyl sites for hydroxylation is 1. The summed E-state index contributed by atoms with van der Waals surface area (Å²) in [5.41, 5.74) is 3.59. The van der Waals surface area contributed by atoms with Gasteiger partial charge in [-0.15, -0.1) is 0 Å². The second-order valence-corrected chi connectivity index (χ2v) is 4.93. The van der Waals surface area contributed by atoms with Crippen molar-refractivity contribution in [1.82, 2.24) is 9.78 Å². The summed E-state index contributed by atoms with van der Waals surface area (Å²) >= 11 is 0. The standard InChI is InChI=1S/C17H16FN3/c1-13-3-6-15(11-17(13)18)19-12-14-4-7-16(8-5-14)21-10-2-9-20-21/h2-11,19H,12H2,1H3. The molecule has 0 bridgehead atoms. The fourth-order valence-corrected chi connectivity index (χ4v) is 2.10. The average Bonchev–Trinajstić information content (AvgIpc) is 3.03. The summed E-state index contributed by atoms with van der Waals surface area (Å²) in [5, 5.41) is 7.41. The molecule has 0 saturated carbocycles. The fourth-order valence-electron chi connectivity index (χ4n) is 2.10. The van der Waals surface area contributed by atoms with Crippen molar-refractivity contribution in [1.29, 1.82) is 0 Å². The van der Waals surface area contributed by atoms with Crippen LogP contribution in [0.15, 0.2) is 60.9 Å². The van der Waals surface area contributed by atoms with Gasteiger partial charge in [-0.25, -0.2) is 9.07 Å². The normalized spacial score (nSPS) is 10.6. The molecule has 0 radical (unpaired) electrons. The van der Waals surface area contributed by atoms with E-state index in [9.17, 15) is 4.39 Å². The van der Waals surface area contributed by atoms with E-state index >= 15 is 0 Å². The molecule has 1 N–H and O–H groups in total. The highest BCUT2D eigenvalue weighted by Crippen LogP contribution is 2.15. The van der Waals surface area contributed by atoms with Gasteiger partial charge in [0.2, 0.25) is 0 Å². The lowest BCUT2D eigenvalue weighted by molar-refractivity contribution is 0.619. The zero-order chi connectivity index (χ0) is 14.7. The molecular weight excluding hydrogens is 265 g/mol. The number of hydrogen-bond donors (Lipinski definition) is 1. The van der Waals surface area contributed by atoms with Gasteiger partial charge in [0.1, 0.15) is 5.82 Å². The number of aromatic nitrogens is 2. The van der Waals surface area contributed by atoms with E-state index in [1.807, 2.05) is 47.3 Å². The Morgan fingerprint density at radius 3 is 2.62 bits per heavy atom. The molecule has 1 heterocycles. The number of rotatable bonds is 4. The first kappa shape index (κ1) is 13.4. The minimum Gasteiger partial charge on any atom is -0.381 e. The SMILES string of the molecule is Cc1ccc(NCc2ccc(-n3cccn3)cc2)cc1F. The molecule has 21 heavy (non-hydrogen) atoms. The predicted molar refractivity (Wildman–Crippen MR) is 82.0 cm³/mol. The summed E-state index contributed by atoms with van der Waals surface area (Å²) in [6, 6.07) is 15.2. The largest absolute Gasteiger partial charge is 0.381 e. The minimum atomic E-state index is -0.186. The van der Waals surface area contributed by atoms with Gasteiger partial charge in [0, 0.05) is 24.6 Å². The van der Waals surface area contributed by atoms with Gasteiger partial charge in [-0.3, -0.25) is 0 Å². The number of nitrogens with one attached hydrogen (secondary N) is 1. The van der Waals surface area contributed by atoms with Gasteiger partial charge in [-0.1, -0.05) is 18.2 Å². The monoisotopic (exact) mass is 281 g/mol. The van der Waals surface area contributed by atoms with Crippen molar-refractivity contribution in [3.63, 3.8) is 0 Å². The van der Waals surface area contributed by atoms with Crippen LogP contribution in [0.3, 0.4) is 0 Å². The van der Waals surface area contributed by atoms with E-state index in [1.54, 1.807) is 19.2 Å². The molecule has 0 atom stereocenters. The first-order valence-corrected chi connectivity index (χ1v) is 6.81. The Labute approximate surface area is 123 Å². The molecule has 0 saturated heterocycles. The smallest absolute Gasteiger partial charge is 0.128 e. The number of halogens is 1. The van der Waals surface area contributed by atoms with Gasteiger partial charge in [0.25, 0.3) is 0 Å². The number of hydrogen-bond acceptors (Lipinski definition) is 2. The lowest BCUT2D eigenvalue weighted by atomic mass is 10.2. The first-order chi connectivity index (χ1) is 10.2. The molecule has 0 aliphatic rings. The van der Waals surface area contributed by atoms with E-state index < -0.39 is 0 Å². The van der Waals surface area contributed by atoms with Gasteiger partial charge in [-0.05, 0) is 48.4 Å². The Kier molecular flexibility index (Phi) is 3.69. The van der Waals surface area contributed by atoms with Crippen LogP contribution in [-0.2, 0) is 6.54 Å². The van der Waals surface area contributed by atoms with Crippen LogP contribution in [-0.4, -0.2) is 9.78 Å². The van der Waals surface area contributed by atoms with E-state index in [0.717, 1.165) is 16.9 Å². The third kappa shape index (κ3) is 3.11. The van der Waals surface area contributed by atoms with Crippen molar-refractivity contribution in [3.8, 4) is 5.69 Å². The highest BCUT2D eigenvalue weighted by molar-refractivity contribution is 5.46. The zero-order valence-electron chi connectivity index (χ0n) is 11.8. The Bertz CT molecular complexity index is 718. The van der Waals surface area contributed by atoms with Gasteiger partial charge >= 0.3 is 0 Å². The Hall–Kier alpha value is -2.62. The maximum absolute atomic E-state index is 13.5. The lowest BCUT2D eigenvalue weighted by Crippen LogP contribution is -2.01. The molecule has 2 aromatic carbocycles. The van der Waals surface area contributed by atoms with Crippen LogP contribution < -0.4 is 5.32 Å². The lowest BCUT2D eigenvalue weighted by Gasteiger charge is -2.08. The minimum absolute atomic E-state index is 0.186. The number of benzene rings is 2. The van der Waals surface area contributed by atoms with E-state index in [4.69, 9.17) is 0 Å². The molecular formula is C17H16FN3. The van der Waals surface area contributed by atoms with Crippen molar-refractivity contribution in [2.75, 3.05) is 5.32 Å². The highest BCUT2D eigenvalue weighted by atomic mass is 19.1. The Morgan fingerprint density at radius 1 is 1.14 bits per heavy atom. The quantitative estimate of drug-likeness (QED) is 0.785. The van der Waals surface area contributed by atoms with Gasteiger partial charge in [0.15, 0.2) is 0 Å². The molecule has 0 amide bonds. The van der Waals surface area contributed by atoms with Crippen molar-refractivity contribution >= 4 is 5.69 Å². The van der Waals surface area contributed by atoms with Crippen molar-refractivity contribution in [2.24, 2.45) is 0 Å². The summed E-state index contributed by atoms with van der Waals surface area (Å²) in [7, 11) is 0. The van der Waals surface area contributed by atoms with Crippen LogP contribution in [0.2, 0.25) is 0 Å². The second-order valence-electron chi connectivity index (χ2n) is 4.93. The average molecular weight is 281 g/mol. The maximum Gasteiger partial charge on any atom is 0.128 e.